The first-order valence-electron chi connectivity index (χ1n) is 16.4. The van der Waals surface area contributed by atoms with Crippen molar-refractivity contribution in [3.8, 4) is 16.9 Å². The van der Waals surface area contributed by atoms with Gasteiger partial charge in [0.1, 0.15) is 17.3 Å². The third-order valence-electron chi connectivity index (χ3n) is 9.94. The van der Waals surface area contributed by atoms with Crippen LogP contribution in [0.4, 0.5) is 20.3 Å². The fraction of sp³-hybridized carbons (Fsp3) is 0.400. The van der Waals surface area contributed by atoms with Crippen molar-refractivity contribution >= 4 is 38.5 Å². The molecule has 3 atom stereocenters. The number of piperazine rings is 1. The van der Waals surface area contributed by atoms with Crippen LogP contribution in [0.3, 0.4) is 0 Å². The highest BCUT2D eigenvalue weighted by Crippen LogP contribution is 2.42. The van der Waals surface area contributed by atoms with Crippen LogP contribution in [-0.2, 0) is 21.2 Å². The topological polar surface area (TPSA) is 122 Å². The Morgan fingerprint density at radius 3 is 2.57 bits per heavy atom. The van der Waals surface area contributed by atoms with Crippen molar-refractivity contribution in [3.05, 3.63) is 82.6 Å². The number of amides is 1. The normalized spacial score (nSPS) is 21.6. The standard InChI is InChI=1S/C35H37F2N7O4S/c1-6-28(45)41-17-21(5)42(18-20(41)4)33-24-16-26(37)31-29-25(36)8-7-9-27(29)43-15-13-23(49(43,47)48)11-10-22-12-14-38-30(19(2)3)32(22)44(34(24)39-31)35(46)40-33/h6-9,12,14,16,19-21,23H,1,10-11,13,15,17-18H2,2-5H3/t20-,21+,23?/m1/s1. The van der Waals surface area contributed by atoms with Crippen LogP contribution in [0.1, 0.15) is 57.7 Å². The van der Waals surface area contributed by atoms with Crippen LogP contribution in [0.5, 0.6) is 0 Å². The zero-order chi connectivity index (χ0) is 34.9. The minimum Gasteiger partial charge on any atom is -0.349 e. The van der Waals surface area contributed by atoms with Crippen LogP contribution >= 0.6 is 0 Å². The van der Waals surface area contributed by atoms with Crippen LogP contribution in [0.25, 0.3) is 28.0 Å². The summed E-state index contributed by atoms with van der Waals surface area (Å²) < 4.78 is 62.8. The van der Waals surface area contributed by atoms with Gasteiger partial charge >= 0.3 is 5.69 Å². The van der Waals surface area contributed by atoms with Gasteiger partial charge < -0.3 is 9.80 Å². The number of hydrogen-bond acceptors (Lipinski definition) is 8. The molecular weight excluding hydrogens is 652 g/mol. The molecule has 1 unspecified atom stereocenters. The lowest BCUT2D eigenvalue weighted by molar-refractivity contribution is -0.128. The summed E-state index contributed by atoms with van der Waals surface area (Å²) in [4.78, 5) is 44.4. The van der Waals surface area contributed by atoms with Gasteiger partial charge in [-0.05, 0) is 74.9 Å². The van der Waals surface area contributed by atoms with Gasteiger partial charge in [-0.3, -0.25) is 14.1 Å². The molecule has 3 aliphatic heterocycles. The Morgan fingerprint density at radius 1 is 1.06 bits per heavy atom. The van der Waals surface area contributed by atoms with E-state index in [1.165, 1.54) is 28.8 Å². The predicted octanol–water partition coefficient (Wildman–Crippen LogP) is 4.71. The highest BCUT2D eigenvalue weighted by Gasteiger charge is 2.41. The average Bonchev–Trinajstić information content (AvgIpc) is 3.36. The molecule has 2 saturated heterocycles. The highest BCUT2D eigenvalue weighted by molar-refractivity contribution is 7.93. The predicted molar refractivity (Wildman–Crippen MR) is 184 cm³/mol. The Kier molecular flexibility index (Phi) is 8.04. The van der Waals surface area contributed by atoms with Gasteiger partial charge in [0.2, 0.25) is 15.9 Å². The first-order valence-corrected chi connectivity index (χ1v) is 17.9. The van der Waals surface area contributed by atoms with E-state index in [2.05, 4.69) is 16.5 Å². The fourth-order valence-corrected chi connectivity index (χ4v) is 9.45. The van der Waals surface area contributed by atoms with Crippen LogP contribution < -0.4 is 14.9 Å². The number of nitrogens with zero attached hydrogens (tertiary/aromatic N) is 7. The number of hydrogen-bond donors (Lipinski definition) is 0. The van der Waals surface area contributed by atoms with E-state index in [1.54, 1.807) is 17.2 Å². The minimum atomic E-state index is -3.95. The molecule has 7 rings (SSSR count). The lowest BCUT2D eigenvalue weighted by atomic mass is 9.99. The maximum absolute atomic E-state index is 16.6. The van der Waals surface area contributed by atoms with Crippen molar-refractivity contribution in [2.75, 3.05) is 28.8 Å². The first-order chi connectivity index (χ1) is 23.3. The Morgan fingerprint density at radius 2 is 1.84 bits per heavy atom. The summed E-state index contributed by atoms with van der Waals surface area (Å²) in [6, 6.07) is 6.32. The summed E-state index contributed by atoms with van der Waals surface area (Å²) in [6.45, 7) is 11.9. The van der Waals surface area contributed by atoms with Gasteiger partial charge in [0.25, 0.3) is 0 Å². The van der Waals surface area contributed by atoms with E-state index in [-0.39, 0.29) is 71.5 Å². The first kappa shape index (κ1) is 32.8. The van der Waals surface area contributed by atoms with Crippen molar-refractivity contribution in [1.29, 1.82) is 0 Å². The van der Waals surface area contributed by atoms with Crippen molar-refractivity contribution < 1.29 is 22.0 Å². The Balaban J connectivity index is 1.58. The summed E-state index contributed by atoms with van der Waals surface area (Å²) in [5, 5.41) is -0.573. The van der Waals surface area contributed by atoms with Gasteiger partial charge in [0, 0.05) is 37.9 Å². The van der Waals surface area contributed by atoms with Gasteiger partial charge in [-0.1, -0.05) is 26.5 Å². The van der Waals surface area contributed by atoms with E-state index in [0.717, 1.165) is 10.4 Å². The molecule has 14 heteroatoms. The molecule has 0 spiro atoms. The van der Waals surface area contributed by atoms with Gasteiger partial charge in [-0.15, -0.1) is 0 Å². The zero-order valence-corrected chi connectivity index (χ0v) is 28.5. The molecule has 6 heterocycles. The SMILES string of the molecule is C=CC(=O)N1C[C@H](C)N(c2nc(=O)n3c4nc(c(F)cc24)-c2c(F)cccc2N2CCC(CCc4ccnc(C(C)C)c4-3)S2(=O)=O)C[C@H]1C. The molecule has 0 aliphatic carbocycles. The van der Waals surface area contributed by atoms with Crippen LogP contribution in [0.15, 0.2) is 54.0 Å². The number of anilines is 2. The molecule has 256 valence electrons. The molecule has 4 aromatic rings. The molecular formula is C35H37F2N7O4S. The Labute approximate surface area is 283 Å². The number of aryl methyl sites for hydroxylation is 1. The summed E-state index contributed by atoms with van der Waals surface area (Å²) >= 11 is 0. The fourth-order valence-electron chi connectivity index (χ4n) is 7.48. The Bertz CT molecular complexity index is 2210. The third-order valence-corrected chi connectivity index (χ3v) is 12.2. The largest absolute Gasteiger partial charge is 0.355 e. The van der Waals surface area contributed by atoms with Crippen molar-refractivity contribution in [2.45, 2.75) is 70.2 Å². The van der Waals surface area contributed by atoms with Crippen LogP contribution in [0, 0.1) is 11.6 Å². The number of pyridine rings is 2. The van der Waals surface area contributed by atoms with Gasteiger partial charge in [0.15, 0.2) is 11.5 Å². The molecule has 0 radical (unpaired) electrons. The van der Waals surface area contributed by atoms with Crippen molar-refractivity contribution in [2.24, 2.45) is 0 Å². The highest BCUT2D eigenvalue weighted by atomic mass is 32.2. The number of benzene rings is 1. The van der Waals surface area contributed by atoms with Gasteiger partial charge in [-0.25, -0.2) is 31.5 Å². The molecule has 11 nitrogen and oxygen atoms in total. The second kappa shape index (κ2) is 12.0. The van der Waals surface area contributed by atoms with E-state index in [9.17, 15) is 18.0 Å². The maximum Gasteiger partial charge on any atom is 0.355 e. The van der Waals surface area contributed by atoms with Gasteiger partial charge in [0.05, 0.1) is 33.3 Å². The number of rotatable bonds is 3. The monoisotopic (exact) mass is 689 g/mol. The van der Waals surface area contributed by atoms with Gasteiger partial charge in [-0.2, -0.15) is 4.98 Å². The van der Waals surface area contributed by atoms with E-state index < -0.39 is 38.3 Å². The lowest BCUT2D eigenvalue weighted by Gasteiger charge is -2.44. The Hall–Kier alpha value is -4.72. The molecule has 3 aromatic heterocycles. The number of carbonyl (C=O) groups excluding carboxylic acids is 1. The van der Waals surface area contributed by atoms with E-state index in [1.807, 2.05) is 32.6 Å². The number of aromatic nitrogens is 4. The molecule has 4 bridgehead atoms. The second-order valence-electron chi connectivity index (χ2n) is 13.3. The molecule has 1 amide bonds. The van der Waals surface area contributed by atoms with Crippen LogP contribution in [-0.4, -0.2) is 75.7 Å². The van der Waals surface area contributed by atoms with Crippen molar-refractivity contribution in [1.82, 2.24) is 24.4 Å². The van der Waals surface area contributed by atoms with Crippen molar-refractivity contribution in [3.63, 3.8) is 0 Å². The lowest BCUT2D eigenvalue weighted by Crippen LogP contribution is -2.58. The second-order valence-corrected chi connectivity index (χ2v) is 15.5. The summed E-state index contributed by atoms with van der Waals surface area (Å²) in [7, 11) is -3.95. The molecule has 0 saturated carbocycles. The molecule has 0 N–H and O–H groups in total. The third kappa shape index (κ3) is 5.18. The number of halogens is 2. The van der Waals surface area contributed by atoms with E-state index in [4.69, 9.17) is 4.98 Å². The number of carbonyl (C=O) groups is 1. The average molecular weight is 690 g/mol. The number of sulfonamides is 1. The zero-order valence-electron chi connectivity index (χ0n) is 27.7. The maximum atomic E-state index is 16.6. The summed E-state index contributed by atoms with van der Waals surface area (Å²) in [5.74, 6) is -1.98. The van der Waals surface area contributed by atoms with E-state index in [0.29, 0.717) is 36.3 Å². The van der Waals surface area contributed by atoms with E-state index >= 15 is 8.78 Å². The smallest absolute Gasteiger partial charge is 0.349 e. The molecule has 3 aliphatic rings. The number of fused-ring (bicyclic) bond motifs is 8. The molecule has 1 aromatic carbocycles. The summed E-state index contributed by atoms with van der Waals surface area (Å²) in [6.07, 6.45) is 3.72. The minimum absolute atomic E-state index is 0.0109. The molecule has 2 fully saturated rings. The van der Waals surface area contributed by atoms with Crippen LogP contribution in [0.2, 0.25) is 0 Å². The molecule has 49 heavy (non-hydrogen) atoms. The summed E-state index contributed by atoms with van der Waals surface area (Å²) in [5.41, 5.74) is 0.208. The quantitative estimate of drug-likeness (QED) is 0.284.